The summed E-state index contributed by atoms with van der Waals surface area (Å²) in [5, 5.41) is 0. The molecule has 5 rings (SSSR count). The Morgan fingerprint density at radius 2 is 1.37 bits per heavy atom. The predicted octanol–water partition coefficient (Wildman–Crippen LogP) is 3.72. The van der Waals surface area contributed by atoms with Gasteiger partial charge in [0.1, 0.15) is 30.2 Å². The number of carbonyl (C=O) groups is 5. The first kappa shape index (κ1) is 33.1. The van der Waals surface area contributed by atoms with Gasteiger partial charge in [0.05, 0.1) is 58.5 Å². The number of hydrogen-bond acceptors (Lipinski definition) is 15. The summed E-state index contributed by atoms with van der Waals surface area (Å²) in [5.74, 6) is -3.58. The SMILES string of the molecule is COC(=O)C1=C(C(=O)OC)SC2(S1)C(C(=O)OC)=C(C(=O)OC)SC1=C2c2ccc(OC)cc2N(C(=O)c2cnccn2)C1(C)C. The number of fused-ring (bicyclic) bond motifs is 3. The molecule has 0 saturated carbocycles. The van der Waals surface area contributed by atoms with Crippen molar-refractivity contribution >= 4 is 76.3 Å². The summed E-state index contributed by atoms with van der Waals surface area (Å²) in [6.07, 6.45) is 4.18. The largest absolute Gasteiger partial charge is 0.497 e. The Kier molecular flexibility index (Phi) is 8.99. The molecule has 1 aromatic carbocycles. The predicted molar refractivity (Wildman–Crippen MR) is 170 cm³/mol. The van der Waals surface area contributed by atoms with Gasteiger partial charge in [-0.15, -0.1) is 0 Å². The van der Waals surface area contributed by atoms with Crippen LogP contribution < -0.4 is 9.64 Å². The first-order chi connectivity index (χ1) is 21.9. The van der Waals surface area contributed by atoms with Crippen molar-refractivity contribution in [3.05, 3.63) is 73.2 Å². The Morgan fingerprint density at radius 1 is 0.783 bits per heavy atom. The van der Waals surface area contributed by atoms with Crippen LogP contribution >= 0.6 is 35.3 Å². The number of anilines is 1. The number of aromatic nitrogens is 2. The summed E-state index contributed by atoms with van der Waals surface area (Å²) in [6, 6.07) is 5.03. The van der Waals surface area contributed by atoms with E-state index in [0.717, 1.165) is 63.7 Å². The normalized spacial score (nSPS) is 17.7. The van der Waals surface area contributed by atoms with Gasteiger partial charge in [-0.05, 0) is 26.0 Å². The highest BCUT2D eigenvalue weighted by Gasteiger charge is 2.62. The summed E-state index contributed by atoms with van der Waals surface area (Å²) >= 11 is 2.61. The number of hydrogen-bond donors (Lipinski definition) is 0. The number of carbonyl (C=O) groups excluding carboxylic acids is 5. The summed E-state index contributed by atoms with van der Waals surface area (Å²) < 4.78 is 24.2. The average Bonchev–Trinajstić information content (AvgIpc) is 3.46. The van der Waals surface area contributed by atoms with Gasteiger partial charge in [0.2, 0.25) is 0 Å². The van der Waals surface area contributed by atoms with E-state index >= 15 is 0 Å². The van der Waals surface area contributed by atoms with E-state index < -0.39 is 39.4 Å². The molecule has 0 radical (unpaired) electrons. The van der Waals surface area contributed by atoms with Crippen LogP contribution in [0.25, 0.3) is 5.57 Å². The highest BCUT2D eigenvalue weighted by molar-refractivity contribution is 8.26. The fourth-order valence-corrected chi connectivity index (χ4v) is 10.4. The topological polar surface area (TPSA) is 161 Å². The lowest BCUT2D eigenvalue weighted by Gasteiger charge is -2.50. The van der Waals surface area contributed by atoms with Crippen LogP contribution in [0, 0.1) is 0 Å². The van der Waals surface area contributed by atoms with Gasteiger partial charge in [0.25, 0.3) is 5.91 Å². The molecule has 2 aromatic rings. The highest BCUT2D eigenvalue weighted by Crippen LogP contribution is 2.71. The molecular formula is C30H27N3O10S3. The molecule has 3 aliphatic rings. The van der Waals surface area contributed by atoms with Gasteiger partial charge in [-0.3, -0.25) is 14.7 Å². The number of benzene rings is 1. The fraction of sp³-hybridized carbons (Fsp3) is 0.300. The Morgan fingerprint density at radius 3 is 1.89 bits per heavy atom. The monoisotopic (exact) mass is 685 g/mol. The van der Waals surface area contributed by atoms with Gasteiger partial charge < -0.3 is 23.7 Å². The van der Waals surface area contributed by atoms with Gasteiger partial charge in [0.15, 0.2) is 0 Å². The van der Waals surface area contributed by atoms with Crippen molar-refractivity contribution < 1.29 is 47.7 Å². The molecule has 1 aromatic heterocycles. The molecule has 46 heavy (non-hydrogen) atoms. The molecule has 16 heteroatoms. The van der Waals surface area contributed by atoms with Gasteiger partial charge in [0, 0.05) is 34.5 Å². The molecule has 0 aliphatic carbocycles. The van der Waals surface area contributed by atoms with Crippen LogP contribution in [0.2, 0.25) is 0 Å². The number of amides is 1. The van der Waals surface area contributed by atoms with Crippen LogP contribution in [0.1, 0.15) is 29.9 Å². The molecule has 0 N–H and O–H groups in total. The molecule has 0 unspecified atom stereocenters. The maximum Gasteiger partial charge on any atom is 0.345 e. The smallest absolute Gasteiger partial charge is 0.345 e. The zero-order chi connectivity index (χ0) is 33.6. The van der Waals surface area contributed by atoms with Crippen molar-refractivity contribution in [3.63, 3.8) is 0 Å². The lowest BCUT2D eigenvalue weighted by atomic mass is 9.83. The second-order valence-electron chi connectivity index (χ2n) is 10.1. The number of esters is 4. The van der Waals surface area contributed by atoms with Crippen molar-refractivity contribution in [1.82, 2.24) is 9.97 Å². The van der Waals surface area contributed by atoms with Crippen LogP contribution in [0.3, 0.4) is 0 Å². The minimum Gasteiger partial charge on any atom is -0.497 e. The van der Waals surface area contributed by atoms with Crippen LogP contribution in [0.5, 0.6) is 5.75 Å². The minimum atomic E-state index is -1.70. The van der Waals surface area contributed by atoms with Crippen LogP contribution in [-0.2, 0) is 38.1 Å². The lowest BCUT2D eigenvalue weighted by Crippen LogP contribution is -2.54. The standard InChI is InChI=1S/C30H27N3O10S3/c1-29(2)23-18(15-9-8-14(39-3)12-17(15)33(29)24(34)16-13-31-10-11-32-16)30(19(25(35)40-4)20(44-23)26(36)41-5)45-21(27(37)42-6)22(46-30)28(38)43-7/h8-13H,1-7H3. The zero-order valence-electron chi connectivity index (χ0n) is 25.6. The van der Waals surface area contributed by atoms with Crippen LogP contribution in [0.15, 0.2) is 62.0 Å². The second kappa shape index (κ2) is 12.5. The Hall–Kier alpha value is -4.28. The van der Waals surface area contributed by atoms with Crippen molar-refractivity contribution in [2.75, 3.05) is 40.4 Å². The van der Waals surface area contributed by atoms with Gasteiger partial charge >= 0.3 is 23.9 Å². The van der Waals surface area contributed by atoms with E-state index in [-0.39, 0.29) is 26.0 Å². The first-order valence-electron chi connectivity index (χ1n) is 13.3. The molecule has 3 aliphatic heterocycles. The Labute approximate surface area is 276 Å². The van der Waals surface area contributed by atoms with E-state index in [9.17, 15) is 24.0 Å². The highest BCUT2D eigenvalue weighted by atomic mass is 32.2. The molecule has 1 spiro atoms. The number of methoxy groups -OCH3 is 5. The zero-order valence-corrected chi connectivity index (χ0v) is 28.1. The summed E-state index contributed by atoms with van der Waals surface area (Å²) in [6.45, 7) is 3.52. The third-order valence-corrected chi connectivity index (χ3v) is 12.0. The number of rotatable bonds is 6. The molecule has 0 bridgehead atoms. The number of ether oxygens (including phenoxy) is 5. The molecule has 1 amide bonds. The van der Waals surface area contributed by atoms with E-state index in [0.29, 0.717) is 27.5 Å². The molecule has 13 nitrogen and oxygen atoms in total. The minimum absolute atomic E-state index is 0.0511. The van der Waals surface area contributed by atoms with E-state index in [1.807, 2.05) is 0 Å². The fourth-order valence-electron chi connectivity index (χ4n) is 5.31. The van der Waals surface area contributed by atoms with E-state index in [1.165, 1.54) is 30.6 Å². The van der Waals surface area contributed by atoms with Gasteiger partial charge in [-0.2, -0.15) is 0 Å². The Balaban J connectivity index is 1.90. The average molecular weight is 686 g/mol. The first-order valence-corrected chi connectivity index (χ1v) is 15.8. The lowest BCUT2D eigenvalue weighted by molar-refractivity contribution is -0.138. The van der Waals surface area contributed by atoms with Crippen molar-refractivity contribution in [2.45, 2.75) is 23.5 Å². The summed E-state index contributed by atoms with van der Waals surface area (Å²) in [5.41, 5.74) is -0.117. The van der Waals surface area contributed by atoms with Crippen LogP contribution in [0.4, 0.5) is 5.69 Å². The molecule has 0 atom stereocenters. The van der Waals surface area contributed by atoms with Gasteiger partial charge in [-0.1, -0.05) is 35.3 Å². The maximum absolute atomic E-state index is 14.2. The quantitative estimate of drug-likeness (QED) is 0.319. The third-order valence-electron chi connectivity index (χ3n) is 7.33. The molecule has 0 fully saturated rings. The summed E-state index contributed by atoms with van der Waals surface area (Å²) in [7, 11) is 6.09. The summed E-state index contributed by atoms with van der Waals surface area (Å²) in [4.78, 5) is 77.6. The maximum atomic E-state index is 14.2. The third kappa shape index (κ3) is 5.04. The van der Waals surface area contributed by atoms with E-state index in [1.54, 1.807) is 32.0 Å². The second-order valence-corrected chi connectivity index (χ2v) is 13.9. The molecular weight excluding hydrogens is 659 g/mol. The van der Waals surface area contributed by atoms with Crippen LogP contribution in [-0.4, -0.2) is 84.9 Å². The molecule has 4 heterocycles. The molecule has 0 saturated heterocycles. The van der Waals surface area contributed by atoms with Crippen molar-refractivity contribution in [1.29, 1.82) is 0 Å². The number of nitrogens with zero attached hydrogens (tertiary/aromatic N) is 3. The Bertz CT molecular complexity index is 1760. The van der Waals surface area contributed by atoms with E-state index in [2.05, 4.69) is 9.97 Å². The molecule has 240 valence electrons. The number of thioether (sulfide) groups is 3. The van der Waals surface area contributed by atoms with Gasteiger partial charge in [-0.25, -0.2) is 24.2 Å². The van der Waals surface area contributed by atoms with Crippen molar-refractivity contribution in [3.8, 4) is 5.75 Å². The van der Waals surface area contributed by atoms with Crippen molar-refractivity contribution in [2.24, 2.45) is 0 Å². The van der Waals surface area contributed by atoms with E-state index in [4.69, 9.17) is 23.7 Å².